The maximum Gasteiger partial charge on any atom is 0.191 e. The molecular formula is C18H27FIN5S. The van der Waals surface area contributed by atoms with Gasteiger partial charge in [0.25, 0.3) is 0 Å². The van der Waals surface area contributed by atoms with E-state index in [-0.39, 0.29) is 29.8 Å². The minimum atomic E-state index is -0.194. The number of aliphatic imine (C=N–C) groups is 1. The summed E-state index contributed by atoms with van der Waals surface area (Å²) in [7, 11) is 3.73. The summed E-state index contributed by atoms with van der Waals surface area (Å²) in [5, 5.41) is 11.1. The highest BCUT2D eigenvalue weighted by molar-refractivity contribution is 14.0. The molecule has 0 spiro atoms. The Labute approximate surface area is 176 Å². The average molecular weight is 491 g/mol. The van der Waals surface area contributed by atoms with Crippen LogP contribution in [0.25, 0.3) is 0 Å². The van der Waals surface area contributed by atoms with Gasteiger partial charge < -0.3 is 10.6 Å². The van der Waals surface area contributed by atoms with E-state index in [0.29, 0.717) is 6.54 Å². The lowest BCUT2D eigenvalue weighted by Crippen LogP contribution is -2.37. The molecule has 2 rings (SSSR count). The highest BCUT2D eigenvalue weighted by Gasteiger charge is 2.09. The second-order valence-electron chi connectivity index (χ2n) is 5.78. The first kappa shape index (κ1) is 22.8. The van der Waals surface area contributed by atoms with Gasteiger partial charge in [0.05, 0.1) is 5.69 Å². The van der Waals surface area contributed by atoms with E-state index in [2.05, 4.69) is 27.6 Å². The molecule has 0 radical (unpaired) electrons. The second-order valence-corrected chi connectivity index (χ2v) is 6.95. The first-order valence-corrected chi connectivity index (χ1v) is 9.31. The molecular weight excluding hydrogens is 464 g/mol. The molecule has 0 amide bonds. The van der Waals surface area contributed by atoms with Gasteiger partial charge in [0.1, 0.15) is 5.82 Å². The van der Waals surface area contributed by atoms with Crippen LogP contribution in [0.15, 0.2) is 34.2 Å². The van der Waals surface area contributed by atoms with E-state index < -0.39 is 0 Å². The van der Waals surface area contributed by atoms with Crippen molar-refractivity contribution in [3.8, 4) is 0 Å². The highest BCUT2D eigenvalue weighted by Crippen LogP contribution is 2.18. The summed E-state index contributed by atoms with van der Waals surface area (Å²) in [5.41, 5.74) is 3.41. The summed E-state index contributed by atoms with van der Waals surface area (Å²) in [5.74, 6) is 1.56. The zero-order valence-corrected chi connectivity index (χ0v) is 18.8. The molecule has 0 aliphatic carbocycles. The molecule has 2 N–H and O–H groups in total. The van der Waals surface area contributed by atoms with E-state index >= 15 is 0 Å². The normalized spacial score (nSPS) is 11.2. The third-order valence-corrected chi connectivity index (χ3v) is 5.11. The van der Waals surface area contributed by atoms with Crippen molar-refractivity contribution < 1.29 is 4.39 Å². The zero-order valence-electron chi connectivity index (χ0n) is 15.7. The van der Waals surface area contributed by atoms with Gasteiger partial charge in [-0.3, -0.25) is 9.67 Å². The van der Waals surface area contributed by atoms with Crippen molar-refractivity contribution in [3.05, 3.63) is 47.0 Å². The minimum Gasteiger partial charge on any atom is -0.356 e. The van der Waals surface area contributed by atoms with Crippen LogP contribution in [0.4, 0.5) is 4.39 Å². The summed E-state index contributed by atoms with van der Waals surface area (Å²) in [4.78, 5) is 5.34. The maximum atomic E-state index is 12.9. The fraction of sp³-hybridized carbons (Fsp3) is 0.444. The summed E-state index contributed by atoms with van der Waals surface area (Å²) in [6.07, 6.45) is 0.994. The van der Waals surface area contributed by atoms with Crippen molar-refractivity contribution >= 4 is 41.7 Å². The van der Waals surface area contributed by atoms with Crippen LogP contribution >= 0.6 is 35.7 Å². The van der Waals surface area contributed by atoms with Gasteiger partial charge in [-0.25, -0.2) is 4.39 Å². The van der Waals surface area contributed by atoms with Gasteiger partial charge in [-0.1, -0.05) is 0 Å². The topological polar surface area (TPSA) is 54.2 Å². The van der Waals surface area contributed by atoms with Crippen LogP contribution in [0.1, 0.15) is 23.4 Å². The van der Waals surface area contributed by atoms with Gasteiger partial charge in [-0.15, -0.1) is 35.7 Å². The van der Waals surface area contributed by atoms with E-state index in [1.54, 1.807) is 18.8 Å². The largest absolute Gasteiger partial charge is 0.356 e. The number of thioether (sulfide) groups is 1. The van der Waals surface area contributed by atoms with E-state index in [1.807, 2.05) is 30.8 Å². The number of aromatic nitrogens is 2. The Hall–Kier alpha value is -1.29. The number of halogens is 2. The van der Waals surface area contributed by atoms with Crippen LogP contribution in [-0.2, 0) is 13.6 Å². The predicted octanol–water partition coefficient (Wildman–Crippen LogP) is 3.64. The van der Waals surface area contributed by atoms with Gasteiger partial charge in [0.15, 0.2) is 5.96 Å². The Kier molecular flexibility index (Phi) is 10.0. The molecule has 8 heteroatoms. The molecule has 0 saturated carbocycles. The minimum absolute atomic E-state index is 0. The number of nitrogens with zero attached hydrogens (tertiary/aromatic N) is 3. The number of aryl methyl sites for hydroxylation is 2. The molecule has 1 aromatic heterocycles. The lowest BCUT2D eigenvalue weighted by Gasteiger charge is -2.12. The van der Waals surface area contributed by atoms with Crippen molar-refractivity contribution in [1.82, 2.24) is 20.4 Å². The number of benzene rings is 1. The predicted molar refractivity (Wildman–Crippen MR) is 118 cm³/mol. The summed E-state index contributed by atoms with van der Waals surface area (Å²) >= 11 is 1.73. The molecule has 1 aromatic carbocycles. The zero-order chi connectivity index (χ0) is 18.2. The lowest BCUT2D eigenvalue weighted by atomic mass is 10.2. The summed E-state index contributed by atoms with van der Waals surface area (Å²) < 4.78 is 14.8. The van der Waals surface area contributed by atoms with E-state index in [0.717, 1.165) is 41.0 Å². The van der Waals surface area contributed by atoms with Crippen LogP contribution in [0, 0.1) is 19.7 Å². The number of guanidine groups is 1. The van der Waals surface area contributed by atoms with E-state index in [9.17, 15) is 4.39 Å². The third kappa shape index (κ3) is 6.79. The molecule has 0 aliphatic heterocycles. The second kappa shape index (κ2) is 11.4. The molecule has 0 unspecified atom stereocenters. The van der Waals surface area contributed by atoms with E-state index in [1.165, 1.54) is 17.7 Å². The quantitative estimate of drug-likeness (QED) is 0.204. The fourth-order valence-corrected chi connectivity index (χ4v) is 3.32. The molecule has 5 nitrogen and oxygen atoms in total. The fourth-order valence-electron chi connectivity index (χ4n) is 2.47. The number of nitrogens with one attached hydrogen (secondary N) is 2. The molecule has 144 valence electrons. The Morgan fingerprint density at radius 2 is 1.92 bits per heavy atom. The van der Waals surface area contributed by atoms with Gasteiger partial charge in [-0.2, -0.15) is 5.10 Å². The van der Waals surface area contributed by atoms with Crippen LogP contribution in [0.5, 0.6) is 0 Å². The molecule has 0 saturated heterocycles. The SMILES string of the molecule is CN=C(NCCCSc1ccc(F)cc1)NCc1c(C)nn(C)c1C.I. The monoisotopic (exact) mass is 491 g/mol. The maximum absolute atomic E-state index is 12.9. The number of rotatable bonds is 7. The van der Waals surface area contributed by atoms with Crippen molar-refractivity contribution in [2.45, 2.75) is 31.7 Å². The van der Waals surface area contributed by atoms with Crippen LogP contribution in [0.2, 0.25) is 0 Å². The molecule has 0 bridgehead atoms. The molecule has 1 heterocycles. The molecule has 0 aliphatic rings. The van der Waals surface area contributed by atoms with Crippen molar-refractivity contribution in [2.75, 3.05) is 19.3 Å². The first-order chi connectivity index (χ1) is 12.0. The van der Waals surface area contributed by atoms with Gasteiger partial charge in [0, 0.05) is 43.3 Å². The van der Waals surface area contributed by atoms with Crippen LogP contribution < -0.4 is 10.6 Å². The average Bonchev–Trinajstić information content (AvgIpc) is 2.84. The van der Waals surface area contributed by atoms with Crippen molar-refractivity contribution in [2.24, 2.45) is 12.0 Å². The molecule has 2 aromatic rings. The Bertz CT molecular complexity index is 715. The lowest BCUT2D eigenvalue weighted by molar-refractivity contribution is 0.626. The van der Waals surface area contributed by atoms with Crippen molar-refractivity contribution in [1.29, 1.82) is 0 Å². The number of hydrogen-bond acceptors (Lipinski definition) is 3. The Morgan fingerprint density at radius 3 is 2.50 bits per heavy atom. The smallest absolute Gasteiger partial charge is 0.191 e. The van der Waals surface area contributed by atoms with Crippen molar-refractivity contribution in [3.63, 3.8) is 0 Å². The van der Waals surface area contributed by atoms with Crippen LogP contribution in [0.3, 0.4) is 0 Å². The number of hydrogen-bond donors (Lipinski definition) is 2. The summed E-state index contributed by atoms with van der Waals surface area (Å²) in [6, 6.07) is 6.61. The highest BCUT2D eigenvalue weighted by atomic mass is 127. The Balaban J connectivity index is 0.00000338. The third-order valence-electron chi connectivity index (χ3n) is 4.01. The summed E-state index contributed by atoms with van der Waals surface area (Å²) in [6.45, 7) is 5.63. The van der Waals surface area contributed by atoms with Gasteiger partial charge >= 0.3 is 0 Å². The molecule has 0 fully saturated rings. The Morgan fingerprint density at radius 1 is 1.23 bits per heavy atom. The standard InChI is InChI=1S/C18H26FN5S.HI/c1-13-17(14(2)24(4)23-13)12-22-18(20-3)21-10-5-11-25-16-8-6-15(19)7-9-16;/h6-9H,5,10-12H2,1-4H3,(H2,20,21,22);1H. The van der Waals surface area contributed by atoms with Crippen LogP contribution in [-0.4, -0.2) is 35.1 Å². The molecule has 0 atom stereocenters. The van der Waals surface area contributed by atoms with E-state index in [4.69, 9.17) is 0 Å². The van der Waals surface area contributed by atoms with Gasteiger partial charge in [-0.05, 0) is 50.3 Å². The van der Waals surface area contributed by atoms with Gasteiger partial charge in [0.2, 0.25) is 0 Å². The first-order valence-electron chi connectivity index (χ1n) is 8.33. The molecule has 26 heavy (non-hydrogen) atoms.